The first-order valence-corrected chi connectivity index (χ1v) is 11.4. The van der Waals surface area contributed by atoms with E-state index in [0.717, 1.165) is 75.0 Å². The molecule has 0 radical (unpaired) electrons. The maximum atomic E-state index is 12.9. The minimum atomic E-state index is -4.52. The summed E-state index contributed by atoms with van der Waals surface area (Å²) in [5.41, 5.74) is 1.26. The molecule has 0 spiro atoms. The first-order chi connectivity index (χ1) is 15.5. The van der Waals surface area contributed by atoms with Gasteiger partial charge in [-0.2, -0.15) is 13.2 Å². The van der Waals surface area contributed by atoms with Gasteiger partial charge in [0.15, 0.2) is 5.82 Å². The maximum Gasteiger partial charge on any atom is 0.416 e. The molecule has 3 aliphatic carbocycles. The average molecular weight is 463 g/mol. The van der Waals surface area contributed by atoms with E-state index in [4.69, 9.17) is 0 Å². The Labute approximate surface area is 190 Å². The predicted molar refractivity (Wildman–Crippen MR) is 118 cm³/mol. The van der Waals surface area contributed by atoms with E-state index in [9.17, 15) is 23.4 Å². The van der Waals surface area contributed by atoms with E-state index in [0.29, 0.717) is 16.9 Å². The van der Waals surface area contributed by atoms with E-state index >= 15 is 0 Å². The molecule has 3 N–H and O–H groups in total. The predicted octanol–water partition coefficient (Wildman–Crippen LogP) is 4.28. The van der Waals surface area contributed by atoms with Gasteiger partial charge in [0.05, 0.1) is 16.9 Å². The number of aliphatic hydroxyl groups is 1. The third-order valence-corrected chi connectivity index (χ3v) is 7.62. The number of anilines is 1. The summed E-state index contributed by atoms with van der Waals surface area (Å²) in [6, 6.07) is 3.13. The van der Waals surface area contributed by atoms with Crippen LogP contribution in [0.4, 0.5) is 19.0 Å². The van der Waals surface area contributed by atoms with Crippen LogP contribution in [0.1, 0.15) is 48.8 Å². The average Bonchev–Trinajstić information content (AvgIpc) is 2.70. The molecule has 2 bridgehead atoms. The molecule has 0 unspecified atom stereocenters. The van der Waals surface area contributed by atoms with Crippen molar-refractivity contribution < 1.29 is 23.4 Å². The van der Waals surface area contributed by atoms with Crippen molar-refractivity contribution in [2.45, 2.75) is 63.8 Å². The molecule has 1 aromatic carbocycles. The minimum absolute atomic E-state index is 0.228. The maximum absolute atomic E-state index is 12.9. The van der Waals surface area contributed by atoms with E-state index in [-0.39, 0.29) is 17.2 Å². The minimum Gasteiger partial charge on any atom is -0.507 e. The van der Waals surface area contributed by atoms with E-state index < -0.39 is 17.5 Å². The van der Waals surface area contributed by atoms with Crippen molar-refractivity contribution in [3.63, 3.8) is 0 Å². The largest absolute Gasteiger partial charge is 0.507 e. The molecule has 1 atom stereocenters. The molecule has 0 amide bonds. The van der Waals surface area contributed by atoms with Gasteiger partial charge in [-0.1, -0.05) is 0 Å². The van der Waals surface area contributed by atoms with Gasteiger partial charge >= 0.3 is 6.18 Å². The van der Waals surface area contributed by atoms with Gasteiger partial charge < -0.3 is 20.4 Å². The van der Waals surface area contributed by atoms with Crippen LogP contribution in [-0.2, 0) is 6.18 Å². The summed E-state index contributed by atoms with van der Waals surface area (Å²) in [5.74, 6) is 0.192. The van der Waals surface area contributed by atoms with Crippen molar-refractivity contribution in [2.24, 2.45) is 5.41 Å². The lowest BCUT2D eigenvalue weighted by Gasteiger charge is -2.69. The van der Waals surface area contributed by atoms with Crippen molar-refractivity contribution in [3.8, 4) is 17.0 Å². The highest BCUT2D eigenvalue weighted by molar-refractivity contribution is 5.72. The van der Waals surface area contributed by atoms with Crippen LogP contribution >= 0.6 is 0 Å². The van der Waals surface area contributed by atoms with E-state index in [1.807, 2.05) is 13.8 Å². The number of aromatic nitrogens is 2. The van der Waals surface area contributed by atoms with E-state index in [2.05, 4.69) is 20.4 Å². The summed E-state index contributed by atoms with van der Waals surface area (Å²) in [6.45, 7) is 6.74. The Morgan fingerprint density at radius 2 is 1.88 bits per heavy atom. The molecule has 4 fully saturated rings. The van der Waals surface area contributed by atoms with Gasteiger partial charge in [-0.3, -0.25) is 0 Å². The Hall–Kier alpha value is -2.39. The van der Waals surface area contributed by atoms with E-state index in [1.165, 1.54) is 6.07 Å². The normalized spacial score (nSPS) is 29.3. The van der Waals surface area contributed by atoms with Crippen LogP contribution in [0.3, 0.4) is 0 Å². The zero-order valence-corrected chi connectivity index (χ0v) is 18.8. The molecule has 178 valence electrons. The van der Waals surface area contributed by atoms with Gasteiger partial charge in [0.25, 0.3) is 0 Å². The van der Waals surface area contributed by atoms with Crippen LogP contribution in [0, 0.1) is 19.3 Å². The van der Waals surface area contributed by atoms with Crippen molar-refractivity contribution >= 4 is 5.82 Å². The van der Waals surface area contributed by atoms with Gasteiger partial charge in [0.2, 0.25) is 0 Å². The lowest BCUT2D eigenvalue weighted by Crippen LogP contribution is -2.70. The standard InChI is InChI=1S/C24H29F3N4O2/c1-14-15(2)21(30-29-20(14)18-6-5-16(8-19(18)32)24(25,26)27)28-17-4-3-7-31(9-17)13-22-10-23(33,11-22)12-22/h5-6,8,17,32-33H,3-4,7,9-13H2,1-2H3,(H,28,30)/t17-,22?,23?/m1/s1. The number of hydrogen-bond donors (Lipinski definition) is 3. The van der Waals surface area contributed by atoms with Crippen LogP contribution in [0.2, 0.25) is 0 Å². The van der Waals surface area contributed by atoms with Gasteiger partial charge in [-0.15, -0.1) is 10.2 Å². The molecule has 2 aromatic rings. The summed E-state index contributed by atoms with van der Waals surface area (Å²) in [6.07, 6.45) is 0.367. The number of rotatable bonds is 5. The first-order valence-electron chi connectivity index (χ1n) is 11.4. The fourth-order valence-electron chi connectivity index (χ4n) is 6.00. The second-order valence-electron chi connectivity index (χ2n) is 10.4. The molecule has 1 aromatic heterocycles. The Bertz CT molecular complexity index is 1070. The monoisotopic (exact) mass is 462 g/mol. The number of likely N-dealkylation sites (tertiary alicyclic amines) is 1. The second kappa shape index (κ2) is 7.56. The fourth-order valence-corrected chi connectivity index (χ4v) is 6.00. The Morgan fingerprint density at radius 1 is 1.15 bits per heavy atom. The molecule has 6 rings (SSSR count). The van der Waals surface area contributed by atoms with Crippen LogP contribution in [0.5, 0.6) is 5.75 Å². The summed E-state index contributed by atoms with van der Waals surface area (Å²) in [5, 5.41) is 32.3. The molecular formula is C24H29F3N4O2. The molecule has 3 saturated carbocycles. The Kier molecular flexibility index (Phi) is 5.13. The van der Waals surface area contributed by atoms with E-state index in [1.54, 1.807) is 0 Å². The smallest absolute Gasteiger partial charge is 0.416 e. The summed E-state index contributed by atoms with van der Waals surface area (Å²) in [7, 11) is 0. The summed E-state index contributed by atoms with van der Waals surface area (Å²) < 4.78 is 38.8. The SMILES string of the molecule is Cc1c(N[C@@H]2CCCN(CC34CC(O)(C3)C4)C2)nnc(-c2ccc(C(F)(F)F)cc2O)c1C. The lowest BCUT2D eigenvalue weighted by atomic mass is 9.41. The van der Waals surface area contributed by atoms with Gasteiger partial charge in [0.1, 0.15) is 5.75 Å². The van der Waals surface area contributed by atoms with Crippen molar-refractivity contribution in [1.29, 1.82) is 0 Å². The molecular weight excluding hydrogens is 433 g/mol. The second-order valence-corrected chi connectivity index (χ2v) is 10.4. The number of phenols is 1. The van der Waals surface area contributed by atoms with Gasteiger partial charge in [0, 0.05) is 24.7 Å². The number of halogens is 3. The molecule has 6 nitrogen and oxygen atoms in total. The zero-order valence-electron chi connectivity index (χ0n) is 18.8. The van der Waals surface area contributed by atoms with Crippen molar-refractivity contribution in [1.82, 2.24) is 15.1 Å². The van der Waals surface area contributed by atoms with Crippen LogP contribution in [0.25, 0.3) is 11.3 Å². The number of alkyl halides is 3. The molecule has 1 saturated heterocycles. The fraction of sp³-hybridized carbons (Fsp3) is 0.583. The molecule has 4 aliphatic rings. The third-order valence-electron chi connectivity index (χ3n) is 7.62. The molecule has 2 heterocycles. The van der Waals surface area contributed by atoms with Gasteiger partial charge in [-0.25, -0.2) is 0 Å². The van der Waals surface area contributed by atoms with Crippen LogP contribution < -0.4 is 5.32 Å². The third kappa shape index (κ3) is 4.05. The molecule has 33 heavy (non-hydrogen) atoms. The van der Waals surface area contributed by atoms with Gasteiger partial charge in [-0.05, 0) is 87.2 Å². The van der Waals surface area contributed by atoms with Crippen molar-refractivity contribution in [2.75, 3.05) is 25.0 Å². The summed E-state index contributed by atoms with van der Waals surface area (Å²) in [4.78, 5) is 2.48. The number of nitrogens with zero attached hydrogens (tertiary/aromatic N) is 3. The van der Waals surface area contributed by atoms with Crippen LogP contribution in [-0.4, -0.2) is 56.6 Å². The number of hydrogen-bond acceptors (Lipinski definition) is 6. The van der Waals surface area contributed by atoms with Crippen molar-refractivity contribution in [3.05, 3.63) is 34.9 Å². The quantitative estimate of drug-likeness (QED) is 0.616. The number of aromatic hydroxyl groups is 1. The zero-order chi connectivity index (χ0) is 23.6. The number of nitrogens with one attached hydrogen (secondary N) is 1. The molecule has 1 aliphatic heterocycles. The Balaban J connectivity index is 1.29. The number of phenolic OH excluding ortho intramolecular Hbond substituents is 1. The number of piperidine rings is 1. The lowest BCUT2D eigenvalue weighted by molar-refractivity contribution is -0.265. The highest BCUT2D eigenvalue weighted by Crippen LogP contribution is 2.67. The Morgan fingerprint density at radius 3 is 2.52 bits per heavy atom. The topological polar surface area (TPSA) is 81.5 Å². The summed E-state index contributed by atoms with van der Waals surface area (Å²) >= 11 is 0. The first kappa shape index (κ1) is 22.4. The highest BCUT2D eigenvalue weighted by Gasteiger charge is 2.67. The number of benzene rings is 1. The highest BCUT2D eigenvalue weighted by atomic mass is 19.4. The molecule has 9 heteroatoms. The van der Waals surface area contributed by atoms with Crippen LogP contribution in [0.15, 0.2) is 18.2 Å².